The molecule has 0 bridgehead atoms. The zero-order chi connectivity index (χ0) is 32.8. The van der Waals surface area contributed by atoms with Gasteiger partial charge in [0.15, 0.2) is 17.2 Å². The van der Waals surface area contributed by atoms with Gasteiger partial charge in [0.25, 0.3) is 12.4 Å². The van der Waals surface area contributed by atoms with E-state index in [1.54, 1.807) is 35.2 Å². The minimum atomic E-state index is -4.73. The number of ether oxygens (including phenoxy) is 1. The average Bonchev–Trinajstić information content (AvgIpc) is 3.67. The van der Waals surface area contributed by atoms with Gasteiger partial charge in [-0.15, -0.1) is 10.2 Å². The molecule has 1 aromatic carbocycles. The van der Waals surface area contributed by atoms with Crippen LogP contribution in [-0.4, -0.2) is 90.0 Å². The van der Waals surface area contributed by atoms with Gasteiger partial charge in [0.2, 0.25) is 5.88 Å². The quantitative estimate of drug-likeness (QED) is 0.219. The normalized spacial score (nSPS) is 13.2. The highest BCUT2D eigenvalue weighted by Crippen LogP contribution is 2.37. The van der Waals surface area contributed by atoms with Crippen molar-refractivity contribution in [1.82, 2.24) is 44.6 Å². The SMILES string of the molecule is COc1ccc(Cn2cc(-c3cnc4c(Nc5ccc(C(=O)N6CCNCC6)c(Cl)c5)nccn34)c(C(F)(F)F)n2)nn1.O=CO. The third-order valence-corrected chi connectivity index (χ3v) is 7.14. The molecule has 1 saturated heterocycles. The van der Waals surface area contributed by atoms with Gasteiger partial charge in [-0.25, -0.2) is 9.97 Å². The average molecular weight is 659 g/mol. The Morgan fingerprint density at radius 2 is 1.93 bits per heavy atom. The molecule has 240 valence electrons. The number of carboxylic acid groups (broad SMARTS) is 1. The third-order valence-electron chi connectivity index (χ3n) is 6.83. The van der Waals surface area contributed by atoms with Crippen LogP contribution < -0.4 is 15.4 Å². The van der Waals surface area contributed by atoms with Gasteiger partial charge in [0, 0.05) is 56.5 Å². The molecule has 1 fully saturated rings. The van der Waals surface area contributed by atoms with Gasteiger partial charge >= 0.3 is 6.18 Å². The Bertz CT molecular complexity index is 1840. The summed E-state index contributed by atoms with van der Waals surface area (Å²) in [5, 5.41) is 25.1. The highest BCUT2D eigenvalue weighted by atomic mass is 35.5. The summed E-state index contributed by atoms with van der Waals surface area (Å²) in [6.07, 6.45) is 0.839. The summed E-state index contributed by atoms with van der Waals surface area (Å²) in [6.45, 7) is 2.32. The van der Waals surface area contributed by atoms with Gasteiger partial charge in [-0.2, -0.15) is 18.3 Å². The van der Waals surface area contributed by atoms with Crippen molar-refractivity contribution in [3.05, 3.63) is 77.1 Å². The van der Waals surface area contributed by atoms with Crippen molar-refractivity contribution in [1.29, 1.82) is 0 Å². The Morgan fingerprint density at radius 1 is 1.17 bits per heavy atom. The second-order valence-corrected chi connectivity index (χ2v) is 10.1. The molecule has 3 N–H and O–H groups in total. The minimum Gasteiger partial charge on any atom is -0.483 e. The topological polar surface area (TPSA) is 165 Å². The van der Waals surface area contributed by atoms with Crippen LogP contribution in [0.5, 0.6) is 5.88 Å². The Hall–Kier alpha value is -5.29. The maximum Gasteiger partial charge on any atom is 0.435 e. The van der Waals surface area contributed by atoms with E-state index in [2.05, 4.69) is 35.9 Å². The number of hydrogen-bond donors (Lipinski definition) is 3. The van der Waals surface area contributed by atoms with Crippen LogP contribution >= 0.6 is 11.6 Å². The van der Waals surface area contributed by atoms with Crippen LogP contribution in [0.4, 0.5) is 24.7 Å². The van der Waals surface area contributed by atoms with E-state index < -0.39 is 11.9 Å². The van der Waals surface area contributed by atoms with Gasteiger partial charge in [0.05, 0.1) is 47.4 Å². The van der Waals surface area contributed by atoms with Gasteiger partial charge in [0.1, 0.15) is 0 Å². The van der Waals surface area contributed by atoms with Gasteiger partial charge in [-0.1, -0.05) is 11.6 Å². The van der Waals surface area contributed by atoms with Gasteiger partial charge in [-0.05, 0) is 24.3 Å². The van der Waals surface area contributed by atoms with Crippen molar-refractivity contribution in [3.63, 3.8) is 0 Å². The fourth-order valence-electron chi connectivity index (χ4n) is 4.75. The predicted octanol–water partition coefficient (Wildman–Crippen LogP) is 3.60. The van der Waals surface area contributed by atoms with Crippen LogP contribution in [0.3, 0.4) is 0 Å². The smallest absolute Gasteiger partial charge is 0.435 e. The summed E-state index contributed by atoms with van der Waals surface area (Å²) in [6, 6.07) is 8.07. The van der Waals surface area contributed by atoms with Crippen LogP contribution in [-0.2, 0) is 17.5 Å². The number of anilines is 2. The second-order valence-electron chi connectivity index (χ2n) is 9.73. The fraction of sp³-hybridized carbons (Fsp3) is 0.250. The monoisotopic (exact) mass is 658 g/mol. The van der Waals surface area contributed by atoms with Crippen LogP contribution in [0, 0.1) is 0 Å². The van der Waals surface area contributed by atoms with Gasteiger partial charge in [-0.3, -0.25) is 18.7 Å². The molecular formula is C28H26ClF3N10O4. The van der Waals surface area contributed by atoms with Crippen molar-refractivity contribution in [3.8, 4) is 17.1 Å². The van der Waals surface area contributed by atoms with E-state index in [0.29, 0.717) is 43.1 Å². The Balaban J connectivity index is 0.00000134. The number of imidazole rings is 1. The van der Waals surface area contributed by atoms with E-state index in [1.807, 2.05) is 0 Å². The summed E-state index contributed by atoms with van der Waals surface area (Å²) in [4.78, 5) is 31.7. The molecule has 0 saturated carbocycles. The number of nitrogens with zero attached hydrogens (tertiary/aromatic N) is 8. The first-order valence-electron chi connectivity index (χ1n) is 13.6. The third kappa shape index (κ3) is 7.00. The number of hydrogen-bond acceptors (Lipinski definition) is 10. The number of fused-ring (bicyclic) bond motifs is 1. The molecular weight excluding hydrogens is 633 g/mol. The molecule has 6 rings (SSSR count). The zero-order valence-corrected chi connectivity index (χ0v) is 24.8. The predicted molar refractivity (Wildman–Crippen MR) is 159 cm³/mol. The molecule has 5 aromatic rings. The van der Waals surface area contributed by atoms with E-state index in [0.717, 1.165) is 4.68 Å². The van der Waals surface area contributed by atoms with Crippen LogP contribution in [0.25, 0.3) is 16.9 Å². The number of halogens is 4. The van der Waals surface area contributed by atoms with Crippen molar-refractivity contribution in [2.75, 3.05) is 38.6 Å². The number of piperazine rings is 1. The molecule has 1 amide bonds. The summed E-state index contributed by atoms with van der Waals surface area (Å²) < 4.78 is 49.9. The lowest BCUT2D eigenvalue weighted by atomic mass is 10.1. The van der Waals surface area contributed by atoms with Crippen LogP contribution in [0.2, 0.25) is 5.02 Å². The van der Waals surface area contributed by atoms with Crippen molar-refractivity contribution in [2.45, 2.75) is 12.7 Å². The number of aromatic nitrogens is 7. The number of rotatable bonds is 7. The molecule has 0 spiro atoms. The molecule has 0 aliphatic carbocycles. The summed E-state index contributed by atoms with van der Waals surface area (Å²) in [7, 11) is 1.44. The molecule has 1 aliphatic rings. The molecule has 18 heteroatoms. The van der Waals surface area contributed by atoms with E-state index in [-0.39, 0.29) is 52.5 Å². The van der Waals surface area contributed by atoms with Crippen LogP contribution in [0.15, 0.2) is 55.1 Å². The second kappa shape index (κ2) is 13.8. The lowest BCUT2D eigenvalue weighted by molar-refractivity contribution is -0.141. The lowest BCUT2D eigenvalue weighted by Gasteiger charge is -2.27. The summed E-state index contributed by atoms with van der Waals surface area (Å²) in [5.74, 6) is 0.406. The number of nitrogens with one attached hydrogen (secondary N) is 2. The number of carbonyl (C=O) groups excluding carboxylic acids is 1. The maximum atomic E-state index is 14.1. The molecule has 4 aromatic heterocycles. The number of benzene rings is 1. The van der Waals surface area contributed by atoms with Gasteiger partial charge < -0.3 is 25.4 Å². The van der Waals surface area contributed by atoms with Crippen molar-refractivity contribution in [2.24, 2.45) is 0 Å². The highest BCUT2D eigenvalue weighted by Gasteiger charge is 2.38. The first kappa shape index (κ1) is 32.1. The molecule has 0 radical (unpaired) electrons. The molecule has 46 heavy (non-hydrogen) atoms. The van der Waals surface area contributed by atoms with E-state index >= 15 is 0 Å². The largest absolute Gasteiger partial charge is 0.483 e. The first-order chi connectivity index (χ1) is 22.1. The Morgan fingerprint density at radius 3 is 2.59 bits per heavy atom. The van der Waals surface area contributed by atoms with E-state index in [4.69, 9.17) is 26.2 Å². The van der Waals surface area contributed by atoms with Crippen molar-refractivity contribution >= 4 is 41.1 Å². The number of amides is 1. The lowest BCUT2D eigenvalue weighted by Crippen LogP contribution is -2.46. The standard InChI is InChI=1S/C27H24ClF3N10O2.CH2O2/c1-43-22-5-3-17(36-37-22)14-40-15-19(23(38-40)27(29,30)31)21-13-34-25-24(33-8-11-41(21)25)35-16-2-4-18(20(28)12-16)26(42)39-9-6-32-7-10-39;2-1-3/h2-5,8,11-13,15,32H,6-7,9-10,14H2,1H3,(H,33,35);1H,(H,2,3). The number of alkyl halides is 3. The molecule has 14 nitrogen and oxygen atoms in total. The summed E-state index contributed by atoms with van der Waals surface area (Å²) in [5.41, 5.74) is 0.496. The van der Waals surface area contributed by atoms with E-state index in [9.17, 15) is 18.0 Å². The number of carbonyl (C=O) groups is 2. The molecule has 5 heterocycles. The summed E-state index contributed by atoms with van der Waals surface area (Å²) >= 11 is 6.47. The Labute approximate surface area is 263 Å². The zero-order valence-electron chi connectivity index (χ0n) is 24.1. The fourth-order valence-corrected chi connectivity index (χ4v) is 5.02. The van der Waals surface area contributed by atoms with E-state index in [1.165, 1.54) is 36.3 Å². The van der Waals surface area contributed by atoms with Crippen LogP contribution in [0.1, 0.15) is 21.7 Å². The number of methoxy groups -OCH3 is 1. The minimum absolute atomic E-state index is 0.0426. The molecule has 0 atom stereocenters. The highest BCUT2D eigenvalue weighted by molar-refractivity contribution is 6.34. The molecule has 0 unspecified atom stereocenters. The van der Waals surface area contributed by atoms with Crippen molar-refractivity contribution < 1.29 is 32.6 Å². The maximum absolute atomic E-state index is 14.1. The Kier molecular flexibility index (Phi) is 9.62. The first-order valence-corrected chi connectivity index (χ1v) is 14.0. The molecule has 1 aliphatic heterocycles.